The van der Waals surface area contributed by atoms with Crippen LogP contribution in [0.1, 0.15) is 30.7 Å². The molecule has 2 N–H and O–H groups in total. The average molecular weight is 234 g/mol. The summed E-state index contributed by atoms with van der Waals surface area (Å²) in [7, 11) is 0. The number of aromatic nitrogens is 2. The van der Waals surface area contributed by atoms with Crippen molar-refractivity contribution >= 4 is 5.82 Å². The fraction of sp³-hybridized carbons (Fsp3) is 0.583. The summed E-state index contributed by atoms with van der Waals surface area (Å²) in [6.07, 6.45) is 0. The minimum atomic E-state index is -0.126. The van der Waals surface area contributed by atoms with E-state index in [0.717, 1.165) is 11.3 Å². The van der Waals surface area contributed by atoms with Gasteiger partial charge in [0, 0.05) is 0 Å². The zero-order valence-corrected chi connectivity index (χ0v) is 10.7. The summed E-state index contributed by atoms with van der Waals surface area (Å²) in [5.74, 6) is 0.693. The third kappa shape index (κ3) is 2.92. The van der Waals surface area contributed by atoms with Crippen molar-refractivity contribution in [1.29, 1.82) is 5.26 Å². The minimum absolute atomic E-state index is 0.00284. The number of nitrogens with one attached hydrogen (secondary N) is 1. The maximum Gasteiger partial charge on any atom is 0.167 e. The van der Waals surface area contributed by atoms with Gasteiger partial charge in [-0.15, -0.1) is 5.10 Å². The van der Waals surface area contributed by atoms with E-state index in [1.54, 1.807) is 0 Å². The highest BCUT2D eigenvalue weighted by atomic mass is 16.3. The number of anilines is 1. The Balaban J connectivity index is 3.07. The van der Waals surface area contributed by atoms with Crippen LogP contribution in [0.2, 0.25) is 0 Å². The summed E-state index contributed by atoms with van der Waals surface area (Å²) in [5.41, 5.74) is 2.07. The molecule has 0 amide bonds. The lowest BCUT2D eigenvalue weighted by atomic mass is 10.0. The van der Waals surface area contributed by atoms with Crippen molar-refractivity contribution in [3.63, 3.8) is 0 Å². The molecule has 0 unspecified atom stereocenters. The van der Waals surface area contributed by atoms with Gasteiger partial charge >= 0.3 is 0 Å². The number of aliphatic hydroxyl groups is 1. The molecule has 0 bridgehead atoms. The van der Waals surface area contributed by atoms with E-state index in [1.807, 2.05) is 27.7 Å². The zero-order valence-electron chi connectivity index (χ0n) is 10.7. The van der Waals surface area contributed by atoms with Crippen LogP contribution < -0.4 is 5.32 Å². The van der Waals surface area contributed by atoms with E-state index >= 15 is 0 Å². The molecule has 5 heteroatoms. The monoisotopic (exact) mass is 234 g/mol. The summed E-state index contributed by atoms with van der Waals surface area (Å²) in [5, 5.41) is 29.4. The molecule has 0 radical (unpaired) electrons. The van der Waals surface area contributed by atoms with Gasteiger partial charge in [0.25, 0.3) is 0 Å². The molecule has 1 aromatic heterocycles. The van der Waals surface area contributed by atoms with Gasteiger partial charge in [-0.25, -0.2) is 0 Å². The summed E-state index contributed by atoms with van der Waals surface area (Å²) in [4.78, 5) is 0. The topological polar surface area (TPSA) is 81.8 Å². The lowest BCUT2D eigenvalue weighted by Crippen LogP contribution is -2.30. The molecular weight excluding hydrogens is 216 g/mol. The van der Waals surface area contributed by atoms with Gasteiger partial charge in [0.1, 0.15) is 11.6 Å². The van der Waals surface area contributed by atoms with Gasteiger partial charge in [-0.3, -0.25) is 0 Å². The second kappa shape index (κ2) is 5.60. The molecule has 0 fully saturated rings. The van der Waals surface area contributed by atoms with E-state index in [9.17, 15) is 5.11 Å². The van der Waals surface area contributed by atoms with Crippen molar-refractivity contribution in [3.05, 3.63) is 16.8 Å². The lowest BCUT2D eigenvalue weighted by molar-refractivity contribution is 0.249. The largest absolute Gasteiger partial charge is 0.394 e. The zero-order chi connectivity index (χ0) is 13.0. The van der Waals surface area contributed by atoms with Gasteiger partial charge in [-0.2, -0.15) is 10.4 Å². The predicted octanol–water partition coefficient (Wildman–Crippen LogP) is 1.39. The summed E-state index contributed by atoms with van der Waals surface area (Å²) in [6, 6.07) is 2.00. The maximum absolute atomic E-state index is 9.25. The molecule has 1 heterocycles. The Hall–Kier alpha value is -1.67. The number of rotatable bonds is 4. The van der Waals surface area contributed by atoms with Crippen molar-refractivity contribution in [2.45, 2.75) is 33.7 Å². The van der Waals surface area contributed by atoms with Gasteiger partial charge in [-0.05, 0) is 25.3 Å². The number of hydrogen-bond acceptors (Lipinski definition) is 5. The highest BCUT2D eigenvalue weighted by Gasteiger charge is 2.17. The van der Waals surface area contributed by atoms with Gasteiger partial charge in [0.2, 0.25) is 0 Å². The van der Waals surface area contributed by atoms with E-state index in [0.29, 0.717) is 11.4 Å². The first-order chi connectivity index (χ1) is 8.01. The number of nitrogens with zero attached hydrogens (tertiary/aromatic N) is 3. The molecule has 0 aliphatic heterocycles. The molecule has 0 aromatic carbocycles. The Kier molecular flexibility index (Phi) is 4.41. The number of aryl methyl sites for hydroxylation is 1. The van der Waals surface area contributed by atoms with E-state index in [1.165, 1.54) is 0 Å². The molecule has 0 aliphatic rings. The summed E-state index contributed by atoms with van der Waals surface area (Å²) in [6.45, 7) is 7.65. The van der Waals surface area contributed by atoms with E-state index in [2.05, 4.69) is 21.6 Å². The average Bonchev–Trinajstić information content (AvgIpc) is 2.30. The van der Waals surface area contributed by atoms with Crippen molar-refractivity contribution in [2.75, 3.05) is 11.9 Å². The van der Waals surface area contributed by atoms with Crippen LogP contribution in [0.3, 0.4) is 0 Å². The molecule has 1 atom stereocenters. The molecule has 17 heavy (non-hydrogen) atoms. The standard InChI is InChI=1S/C12H18N4O/c1-7(2)11(6-17)14-12-10(5-13)8(3)9(4)15-16-12/h7,11,17H,6H2,1-4H3,(H,14,16)/t11-/m1/s1. The summed E-state index contributed by atoms with van der Waals surface area (Å²) >= 11 is 0. The van der Waals surface area contributed by atoms with Crippen LogP contribution in [-0.4, -0.2) is 28.0 Å². The van der Waals surface area contributed by atoms with E-state index < -0.39 is 0 Å². The van der Waals surface area contributed by atoms with Crippen LogP contribution in [-0.2, 0) is 0 Å². The lowest BCUT2D eigenvalue weighted by Gasteiger charge is -2.21. The van der Waals surface area contributed by atoms with Crippen molar-refractivity contribution in [3.8, 4) is 6.07 Å². The molecule has 92 valence electrons. The molecule has 0 aliphatic carbocycles. The van der Waals surface area contributed by atoms with Crippen LogP contribution in [0.25, 0.3) is 0 Å². The minimum Gasteiger partial charge on any atom is -0.394 e. The number of nitriles is 1. The van der Waals surface area contributed by atoms with Crippen molar-refractivity contribution in [1.82, 2.24) is 10.2 Å². The van der Waals surface area contributed by atoms with Gasteiger partial charge < -0.3 is 10.4 Å². The predicted molar refractivity (Wildman–Crippen MR) is 65.6 cm³/mol. The molecule has 5 nitrogen and oxygen atoms in total. The van der Waals surface area contributed by atoms with E-state index in [4.69, 9.17) is 5.26 Å². The fourth-order valence-corrected chi connectivity index (χ4v) is 1.45. The normalized spacial score (nSPS) is 12.3. The second-order valence-electron chi connectivity index (χ2n) is 4.42. The number of aliphatic hydroxyl groups excluding tert-OH is 1. The van der Waals surface area contributed by atoms with Crippen molar-refractivity contribution < 1.29 is 5.11 Å². The quantitative estimate of drug-likeness (QED) is 0.822. The fourth-order valence-electron chi connectivity index (χ4n) is 1.45. The van der Waals surface area contributed by atoms with Crippen LogP contribution in [0, 0.1) is 31.1 Å². The first-order valence-corrected chi connectivity index (χ1v) is 5.62. The molecule has 0 saturated carbocycles. The Morgan fingerprint density at radius 3 is 2.47 bits per heavy atom. The first kappa shape index (κ1) is 13.4. The third-order valence-corrected chi connectivity index (χ3v) is 2.89. The van der Waals surface area contributed by atoms with Gasteiger partial charge in [0.05, 0.1) is 18.3 Å². The molecule has 1 aromatic rings. The molecule has 0 spiro atoms. The second-order valence-corrected chi connectivity index (χ2v) is 4.42. The SMILES string of the molecule is Cc1nnc(N[C@H](CO)C(C)C)c(C#N)c1C. The van der Waals surface area contributed by atoms with Gasteiger partial charge in [0.15, 0.2) is 5.82 Å². The summed E-state index contributed by atoms with van der Waals surface area (Å²) < 4.78 is 0. The Morgan fingerprint density at radius 2 is 2.00 bits per heavy atom. The first-order valence-electron chi connectivity index (χ1n) is 5.62. The smallest absolute Gasteiger partial charge is 0.167 e. The Bertz CT molecular complexity index is 437. The molecule has 0 saturated heterocycles. The maximum atomic E-state index is 9.25. The van der Waals surface area contributed by atoms with Crippen LogP contribution in [0.5, 0.6) is 0 Å². The van der Waals surface area contributed by atoms with E-state index in [-0.39, 0.29) is 18.6 Å². The molecule has 1 rings (SSSR count). The Labute approximate surface area is 101 Å². The third-order valence-electron chi connectivity index (χ3n) is 2.89. The highest BCUT2D eigenvalue weighted by molar-refractivity contribution is 5.56. The van der Waals surface area contributed by atoms with Crippen LogP contribution >= 0.6 is 0 Å². The van der Waals surface area contributed by atoms with Crippen LogP contribution in [0.4, 0.5) is 5.82 Å². The van der Waals surface area contributed by atoms with Crippen molar-refractivity contribution in [2.24, 2.45) is 5.92 Å². The Morgan fingerprint density at radius 1 is 1.35 bits per heavy atom. The van der Waals surface area contributed by atoms with Crippen LogP contribution in [0.15, 0.2) is 0 Å². The molecular formula is C12H18N4O. The number of hydrogen-bond donors (Lipinski definition) is 2. The van der Waals surface area contributed by atoms with Gasteiger partial charge in [-0.1, -0.05) is 13.8 Å². The highest BCUT2D eigenvalue weighted by Crippen LogP contribution is 2.19.